The minimum absolute atomic E-state index is 0.161. The summed E-state index contributed by atoms with van der Waals surface area (Å²) in [6, 6.07) is 0. The van der Waals surface area contributed by atoms with Crippen molar-refractivity contribution in [2.24, 2.45) is 4.99 Å². The molecule has 1 aliphatic heterocycles. The number of ether oxygens (including phenoxy) is 3. The molecule has 7 nitrogen and oxygen atoms in total. The second-order valence-electron chi connectivity index (χ2n) is 6.53. The van der Waals surface area contributed by atoms with Crippen LogP contribution in [0.1, 0.15) is 33.1 Å². The highest BCUT2D eigenvalue weighted by molar-refractivity contribution is 5.79. The number of guanidine groups is 1. The molecule has 0 saturated carbocycles. The van der Waals surface area contributed by atoms with Crippen LogP contribution in [0.15, 0.2) is 4.99 Å². The van der Waals surface area contributed by atoms with Crippen molar-refractivity contribution in [3.63, 3.8) is 0 Å². The smallest absolute Gasteiger partial charge is 0.191 e. The Kier molecular flexibility index (Phi) is 12.7. The van der Waals surface area contributed by atoms with E-state index in [0.29, 0.717) is 6.54 Å². The predicted octanol–water partition coefficient (Wildman–Crippen LogP) is 1.09. The van der Waals surface area contributed by atoms with Crippen molar-refractivity contribution < 1.29 is 14.2 Å². The fourth-order valence-corrected chi connectivity index (χ4v) is 2.57. The first-order valence-corrected chi connectivity index (χ1v) is 9.63. The van der Waals surface area contributed by atoms with Gasteiger partial charge in [-0.2, -0.15) is 0 Å². The highest BCUT2D eigenvalue weighted by atomic mass is 16.5. The molecule has 7 heteroatoms. The maximum atomic E-state index is 5.80. The van der Waals surface area contributed by atoms with Crippen molar-refractivity contribution in [2.75, 3.05) is 66.7 Å². The van der Waals surface area contributed by atoms with E-state index in [2.05, 4.69) is 41.5 Å². The van der Waals surface area contributed by atoms with E-state index < -0.39 is 0 Å². The monoisotopic (exact) mass is 358 g/mol. The van der Waals surface area contributed by atoms with Crippen LogP contribution in [0, 0.1) is 0 Å². The number of rotatable bonds is 13. The van der Waals surface area contributed by atoms with Gasteiger partial charge in [-0.1, -0.05) is 0 Å². The number of hydrogen-bond donors (Lipinski definition) is 2. The average molecular weight is 359 g/mol. The Balaban J connectivity index is 2.27. The molecule has 1 fully saturated rings. The number of hydrogen-bond acceptors (Lipinski definition) is 5. The van der Waals surface area contributed by atoms with Gasteiger partial charge in [0.05, 0.1) is 25.4 Å². The summed E-state index contributed by atoms with van der Waals surface area (Å²) in [5.74, 6) is 0.848. The molecule has 0 aromatic carbocycles. The lowest BCUT2D eigenvalue weighted by atomic mass is 10.2. The minimum Gasteiger partial charge on any atom is -0.379 e. The van der Waals surface area contributed by atoms with Crippen molar-refractivity contribution >= 4 is 5.96 Å². The third-order valence-electron chi connectivity index (χ3n) is 3.95. The molecule has 1 aliphatic rings. The molecule has 1 rings (SSSR count). The quantitative estimate of drug-likeness (QED) is 0.292. The van der Waals surface area contributed by atoms with Crippen LogP contribution in [0.25, 0.3) is 0 Å². The Labute approximate surface area is 153 Å². The van der Waals surface area contributed by atoms with Gasteiger partial charge in [0.15, 0.2) is 5.96 Å². The Bertz CT molecular complexity index is 347. The predicted molar refractivity (Wildman–Crippen MR) is 102 cm³/mol. The zero-order valence-corrected chi connectivity index (χ0v) is 16.6. The van der Waals surface area contributed by atoms with Gasteiger partial charge < -0.3 is 29.7 Å². The molecule has 148 valence electrons. The van der Waals surface area contributed by atoms with Gasteiger partial charge in [0.1, 0.15) is 0 Å². The Hall–Kier alpha value is -0.890. The molecule has 0 amide bonds. The van der Waals surface area contributed by atoms with Gasteiger partial charge in [-0.3, -0.25) is 4.99 Å². The topological polar surface area (TPSA) is 67.4 Å². The lowest BCUT2D eigenvalue weighted by Crippen LogP contribution is -2.39. The second kappa shape index (κ2) is 14.3. The van der Waals surface area contributed by atoms with Gasteiger partial charge in [-0.25, -0.2) is 0 Å². The maximum absolute atomic E-state index is 5.80. The normalized spacial score (nSPS) is 19.4. The molecule has 1 heterocycles. The van der Waals surface area contributed by atoms with E-state index in [9.17, 15) is 0 Å². The molecule has 0 aromatic rings. The van der Waals surface area contributed by atoms with Crippen LogP contribution in [-0.2, 0) is 14.2 Å². The number of aliphatic imine (C=N–C) groups is 1. The fourth-order valence-electron chi connectivity index (χ4n) is 2.57. The third kappa shape index (κ3) is 11.4. The van der Waals surface area contributed by atoms with E-state index in [1.54, 1.807) is 0 Å². The van der Waals surface area contributed by atoms with Gasteiger partial charge in [0, 0.05) is 39.5 Å². The standard InChI is InChI=1S/C18H38N4O3/c1-5-19-18(20-10-7-12-25-17-9-13-23-15-17)21-14-16(24-6-2)8-11-22(3)4/h16-17H,5-15H2,1-4H3,(H2,19,20,21). The molecular formula is C18H38N4O3. The molecule has 0 aromatic heterocycles. The zero-order valence-electron chi connectivity index (χ0n) is 16.6. The summed E-state index contributed by atoms with van der Waals surface area (Å²) >= 11 is 0. The average Bonchev–Trinajstić information content (AvgIpc) is 3.10. The van der Waals surface area contributed by atoms with Crippen molar-refractivity contribution in [3.05, 3.63) is 0 Å². The van der Waals surface area contributed by atoms with E-state index in [0.717, 1.165) is 71.3 Å². The highest BCUT2D eigenvalue weighted by Crippen LogP contribution is 2.07. The van der Waals surface area contributed by atoms with Crippen LogP contribution in [0.4, 0.5) is 0 Å². The molecular weight excluding hydrogens is 320 g/mol. The largest absolute Gasteiger partial charge is 0.379 e. The van der Waals surface area contributed by atoms with Crippen LogP contribution in [0.2, 0.25) is 0 Å². The van der Waals surface area contributed by atoms with Crippen molar-refractivity contribution in [1.82, 2.24) is 15.5 Å². The van der Waals surface area contributed by atoms with Gasteiger partial charge in [0.25, 0.3) is 0 Å². The van der Waals surface area contributed by atoms with E-state index in [4.69, 9.17) is 14.2 Å². The summed E-state index contributed by atoms with van der Waals surface area (Å²) in [7, 11) is 4.16. The van der Waals surface area contributed by atoms with Crippen molar-refractivity contribution in [2.45, 2.75) is 45.3 Å². The first kappa shape index (κ1) is 22.2. The van der Waals surface area contributed by atoms with Crippen LogP contribution in [0.5, 0.6) is 0 Å². The van der Waals surface area contributed by atoms with Crippen molar-refractivity contribution in [3.8, 4) is 0 Å². The highest BCUT2D eigenvalue weighted by Gasteiger charge is 2.15. The summed E-state index contributed by atoms with van der Waals surface area (Å²) in [6.45, 7) is 10.5. The fraction of sp³-hybridized carbons (Fsp3) is 0.944. The summed E-state index contributed by atoms with van der Waals surface area (Å²) in [6.07, 6.45) is 3.40. The SMILES string of the molecule is CCNC(=NCC(CCN(C)C)OCC)NCCCOC1CCOC1. The van der Waals surface area contributed by atoms with E-state index >= 15 is 0 Å². The van der Waals surface area contributed by atoms with Crippen LogP contribution in [0.3, 0.4) is 0 Å². The maximum Gasteiger partial charge on any atom is 0.191 e. The van der Waals surface area contributed by atoms with Gasteiger partial charge in [-0.15, -0.1) is 0 Å². The second-order valence-corrected chi connectivity index (χ2v) is 6.53. The summed E-state index contributed by atoms with van der Waals surface area (Å²) in [5.41, 5.74) is 0. The molecule has 25 heavy (non-hydrogen) atoms. The van der Waals surface area contributed by atoms with Crippen molar-refractivity contribution in [1.29, 1.82) is 0 Å². The summed E-state index contributed by atoms with van der Waals surface area (Å²) in [4.78, 5) is 6.85. The molecule has 2 unspecified atom stereocenters. The lowest BCUT2D eigenvalue weighted by molar-refractivity contribution is 0.0419. The Morgan fingerprint density at radius 2 is 2.16 bits per heavy atom. The lowest BCUT2D eigenvalue weighted by Gasteiger charge is -2.19. The van der Waals surface area contributed by atoms with E-state index in [-0.39, 0.29) is 12.2 Å². The summed E-state index contributed by atoms with van der Waals surface area (Å²) in [5, 5.41) is 6.66. The molecule has 0 spiro atoms. The van der Waals surface area contributed by atoms with Gasteiger partial charge >= 0.3 is 0 Å². The van der Waals surface area contributed by atoms with Crippen LogP contribution in [-0.4, -0.2) is 89.8 Å². The third-order valence-corrected chi connectivity index (χ3v) is 3.95. The first-order valence-electron chi connectivity index (χ1n) is 9.63. The number of nitrogens with one attached hydrogen (secondary N) is 2. The molecule has 1 saturated heterocycles. The molecule has 2 atom stereocenters. The zero-order chi connectivity index (χ0) is 18.3. The van der Waals surface area contributed by atoms with E-state index in [1.165, 1.54) is 0 Å². The Morgan fingerprint density at radius 3 is 2.80 bits per heavy atom. The molecule has 0 bridgehead atoms. The first-order chi connectivity index (χ1) is 12.2. The van der Waals surface area contributed by atoms with Crippen LogP contribution < -0.4 is 10.6 Å². The van der Waals surface area contributed by atoms with Gasteiger partial charge in [0.2, 0.25) is 0 Å². The summed E-state index contributed by atoms with van der Waals surface area (Å²) < 4.78 is 16.9. The molecule has 0 radical (unpaired) electrons. The van der Waals surface area contributed by atoms with Gasteiger partial charge in [-0.05, 0) is 47.2 Å². The van der Waals surface area contributed by atoms with E-state index in [1.807, 2.05) is 6.92 Å². The number of nitrogens with zero attached hydrogens (tertiary/aromatic N) is 2. The minimum atomic E-state index is 0.161. The van der Waals surface area contributed by atoms with Crippen LogP contribution >= 0.6 is 0 Å². The molecule has 2 N–H and O–H groups in total. The molecule has 0 aliphatic carbocycles. The Morgan fingerprint density at radius 1 is 1.32 bits per heavy atom.